The van der Waals surface area contributed by atoms with Gasteiger partial charge in [-0.15, -0.1) is 0 Å². The molecular formula is C17H19N5. The van der Waals surface area contributed by atoms with Gasteiger partial charge in [0.15, 0.2) is 0 Å². The van der Waals surface area contributed by atoms with Gasteiger partial charge in [0.05, 0.1) is 11.7 Å². The van der Waals surface area contributed by atoms with Crippen molar-refractivity contribution >= 4 is 16.6 Å². The fraction of sp³-hybridized carbons (Fsp3) is 0.294. The Labute approximate surface area is 129 Å². The van der Waals surface area contributed by atoms with Gasteiger partial charge in [-0.05, 0) is 30.8 Å². The van der Waals surface area contributed by atoms with Crippen LogP contribution in [0.25, 0.3) is 22.0 Å². The third kappa shape index (κ3) is 2.33. The van der Waals surface area contributed by atoms with Gasteiger partial charge in [-0.1, -0.05) is 6.07 Å². The highest BCUT2D eigenvalue weighted by Crippen LogP contribution is 2.30. The van der Waals surface area contributed by atoms with E-state index in [1.807, 2.05) is 18.6 Å². The molecule has 5 heteroatoms. The summed E-state index contributed by atoms with van der Waals surface area (Å²) in [7, 11) is 2.18. The summed E-state index contributed by atoms with van der Waals surface area (Å²) < 4.78 is 0. The number of nitrogens with zero attached hydrogens (tertiary/aromatic N) is 4. The maximum atomic E-state index is 4.51. The van der Waals surface area contributed by atoms with Gasteiger partial charge in [0, 0.05) is 55.2 Å². The van der Waals surface area contributed by atoms with Gasteiger partial charge in [-0.25, -0.2) is 0 Å². The molecule has 0 saturated carbocycles. The highest BCUT2D eigenvalue weighted by atomic mass is 15.2. The van der Waals surface area contributed by atoms with Gasteiger partial charge < -0.3 is 9.80 Å². The largest absolute Gasteiger partial charge is 0.368 e. The maximum Gasteiger partial charge on any atom is 0.0723 e. The minimum atomic E-state index is 1.05. The van der Waals surface area contributed by atoms with E-state index in [1.54, 1.807) is 0 Å². The van der Waals surface area contributed by atoms with Crippen LogP contribution in [0.5, 0.6) is 0 Å². The summed E-state index contributed by atoms with van der Waals surface area (Å²) in [5.74, 6) is 0. The van der Waals surface area contributed by atoms with Crippen molar-refractivity contribution in [1.82, 2.24) is 20.1 Å². The number of anilines is 1. The number of pyridine rings is 1. The molecule has 1 aliphatic rings. The fourth-order valence-electron chi connectivity index (χ4n) is 3.04. The van der Waals surface area contributed by atoms with Crippen LogP contribution in [0.1, 0.15) is 0 Å². The maximum absolute atomic E-state index is 4.51. The molecule has 3 aromatic rings. The molecule has 0 radical (unpaired) electrons. The first-order chi connectivity index (χ1) is 10.8. The predicted molar refractivity (Wildman–Crippen MR) is 89.0 cm³/mol. The molecule has 1 aliphatic heterocycles. The molecule has 1 N–H and O–H groups in total. The number of likely N-dealkylation sites (N-methyl/N-ethyl adjacent to an activating group) is 1. The first-order valence-electron chi connectivity index (χ1n) is 7.63. The number of fused-ring (bicyclic) bond motifs is 1. The predicted octanol–water partition coefficient (Wildman–Crippen LogP) is 2.38. The zero-order valence-corrected chi connectivity index (χ0v) is 12.7. The Morgan fingerprint density at radius 3 is 2.68 bits per heavy atom. The van der Waals surface area contributed by atoms with Crippen molar-refractivity contribution in [2.45, 2.75) is 0 Å². The second-order valence-electron chi connectivity index (χ2n) is 5.84. The molecule has 0 spiro atoms. The SMILES string of the molecule is CN1CCN(c2ccnc3ccc(-c4cn[nH]c4)cc23)CC1. The third-order valence-corrected chi connectivity index (χ3v) is 4.39. The lowest BCUT2D eigenvalue weighted by molar-refractivity contribution is 0.313. The molecule has 5 nitrogen and oxygen atoms in total. The van der Waals surface area contributed by atoms with E-state index in [2.05, 4.69) is 56.3 Å². The second-order valence-corrected chi connectivity index (χ2v) is 5.84. The molecule has 0 amide bonds. The summed E-state index contributed by atoms with van der Waals surface area (Å²) in [5, 5.41) is 8.13. The fourth-order valence-corrected chi connectivity index (χ4v) is 3.04. The molecule has 0 atom stereocenters. The van der Waals surface area contributed by atoms with Crippen molar-refractivity contribution in [2.24, 2.45) is 0 Å². The Hall–Kier alpha value is -2.40. The number of aromatic amines is 1. The summed E-state index contributed by atoms with van der Waals surface area (Å²) in [6, 6.07) is 8.55. The highest BCUT2D eigenvalue weighted by molar-refractivity contribution is 5.94. The van der Waals surface area contributed by atoms with E-state index in [0.29, 0.717) is 0 Å². The van der Waals surface area contributed by atoms with Crippen LogP contribution in [-0.2, 0) is 0 Å². The van der Waals surface area contributed by atoms with Crippen molar-refractivity contribution in [3.63, 3.8) is 0 Å². The van der Waals surface area contributed by atoms with Crippen LogP contribution in [0.4, 0.5) is 5.69 Å². The Morgan fingerprint density at radius 2 is 1.91 bits per heavy atom. The number of nitrogens with one attached hydrogen (secondary N) is 1. The lowest BCUT2D eigenvalue weighted by atomic mass is 10.0. The molecule has 22 heavy (non-hydrogen) atoms. The van der Waals surface area contributed by atoms with Crippen LogP contribution < -0.4 is 4.90 Å². The third-order valence-electron chi connectivity index (χ3n) is 4.39. The monoisotopic (exact) mass is 293 g/mol. The van der Waals surface area contributed by atoms with Crippen molar-refractivity contribution in [1.29, 1.82) is 0 Å². The minimum Gasteiger partial charge on any atom is -0.368 e. The first-order valence-corrected chi connectivity index (χ1v) is 7.63. The summed E-state index contributed by atoms with van der Waals surface area (Å²) in [4.78, 5) is 9.35. The molecule has 3 heterocycles. The average molecular weight is 293 g/mol. The molecule has 0 bridgehead atoms. The van der Waals surface area contributed by atoms with E-state index in [4.69, 9.17) is 0 Å². The summed E-state index contributed by atoms with van der Waals surface area (Å²) in [6.07, 6.45) is 5.69. The number of benzene rings is 1. The van der Waals surface area contributed by atoms with Crippen molar-refractivity contribution in [2.75, 3.05) is 38.1 Å². The van der Waals surface area contributed by atoms with Crippen LogP contribution in [0.15, 0.2) is 42.9 Å². The van der Waals surface area contributed by atoms with E-state index < -0.39 is 0 Å². The number of H-pyrrole nitrogens is 1. The van der Waals surface area contributed by atoms with Crippen molar-refractivity contribution in [3.8, 4) is 11.1 Å². The highest BCUT2D eigenvalue weighted by Gasteiger charge is 2.16. The Bertz CT molecular complexity index is 773. The quantitative estimate of drug-likeness (QED) is 0.788. The van der Waals surface area contributed by atoms with Crippen molar-refractivity contribution < 1.29 is 0 Å². The first kappa shape index (κ1) is 13.3. The lowest BCUT2D eigenvalue weighted by Gasteiger charge is -2.34. The van der Waals surface area contributed by atoms with Gasteiger partial charge in [0.2, 0.25) is 0 Å². The molecular weight excluding hydrogens is 274 g/mol. The zero-order chi connectivity index (χ0) is 14.9. The van der Waals surface area contributed by atoms with E-state index >= 15 is 0 Å². The Morgan fingerprint density at radius 1 is 1.05 bits per heavy atom. The summed E-state index contributed by atoms with van der Waals surface area (Å²) in [6.45, 7) is 4.33. The molecule has 1 fully saturated rings. The molecule has 0 unspecified atom stereocenters. The van der Waals surface area contributed by atoms with Gasteiger partial charge in [-0.2, -0.15) is 5.10 Å². The molecule has 1 saturated heterocycles. The Kier molecular flexibility index (Phi) is 3.27. The topological polar surface area (TPSA) is 48.1 Å². The van der Waals surface area contributed by atoms with E-state index in [-0.39, 0.29) is 0 Å². The summed E-state index contributed by atoms with van der Waals surface area (Å²) >= 11 is 0. The van der Waals surface area contributed by atoms with Crippen LogP contribution in [0.2, 0.25) is 0 Å². The van der Waals surface area contributed by atoms with E-state index in [1.165, 1.54) is 16.6 Å². The lowest BCUT2D eigenvalue weighted by Crippen LogP contribution is -2.44. The standard InChI is InChI=1S/C17H19N5/c1-21-6-8-22(9-7-21)17-4-5-18-16-3-2-13(10-15(16)17)14-11-19-20-12-14/h2-5,10-12H,6-9H2,1H3,(H,19,20). The molecule has 2 aromatic heterocycles. The van der Waals surface area contributed by atoms with Crippen LogP contribution in [-0.4, -0.2) is 53.3 Å². The molecule has 112 valence electrons. The minimum absolute atomic E-state index is 1.05. The van der Waals surface area contributed by atoms with Crippen LogP contribution in [0.3, 0.4) is 0 Å². The molecule has 4 rings (SSSR count). The molecule has 0 aliphatic carbocycles. The normalized spacial score (nSPS) is 16.3. The number of aromatic nitrogens is 3. The Balaban J connectivity index is 1.79. The van der Waals surface area contributed by atoms with Crippen LogP contribution in [0, 0.1) is 0 Å². The van der Waals surface area contributed by atoms with Gasteiger partial charge in [-0.3, -0.25) is 10.1 Å². The van der Waals surface area contributed by atoms with E-state index in [9.17, 15) is 0 Å². The number of hydrogen-bond donors (Lipinski definition) is 1. The smallest absolute Gasteiger partial charge is 0.0723 e. The molecule has 1 aromatic carbocycles. The number of rotatable bonds is 2. The second kappa shape index (κ2) is 5.42. The van der Waals surface area contributed by atoms with Crippen LogP contribution >= 0.6 is 0 Å². The zero-order valence-electron chi connectivity index (χ0n) is 12.7. The van der Waals surface area contributed by atoms with E-state index in [0.717, 1.165) is 37.3 Å². The average Bonchev–Trinajstić information content (AvgIpc) is 3.09. The summed E-state index contributed by atoms with van der Waals surface area (Å²) in [5.41, 5.74) is 4.60. The van der Waals surface area contributed by atoms with Gasteiger partial charge >= 0.3 is 0 Å². The number of hydrogen-bond acceptors (Lipinski definition) is 4. The number of piperazine rings is 1. The van der Waals surface area contributed by atoms with Gasteiger partial charge in [0.1, 0.15) is 0 Å². The van der Waals surface area contributed by atoms with Gasteiger partial charge in [0.25, 0.3) is 0 Å². The van der Waals surface area contributed by atoms with Crippen molar-refractivity contribution in [3.05, 3.63) is 42.9 Å².